The lowest BCUT2D eigenvalue weighted by atomic mass is 10.2. The molecule has 1 fully saturated rings. The number of aliphatic imine (C=N–C) groups is 1. The van der Waals surface area contributed by atoms with Crippen molar-refractivity contribution in [2.45, 2.75) is 23.5 Å². The molecule has 3 aliphatic heterocycles. The van der Waals surface area contributed by atoms with E-state index >= 15 is 0 Å². The van der Waals surface area contributed by atoms with Crippen LogP contribution in [0.25, 0.3) is 0 Å². The fourth-order valence-corrected chi connectivity index (χ4v) is 5.74. The van der Waals surface area contributed by atoms with Crippen LogP contribution in [-0.2, 0) is 0 Å². The normalized spacial score (nSPS) is 23.4. The van der Waals surface area contributed by atoms with Gasteiger partial charge in [0.05, 0.1) is 16.6 Å². The molecule has 0 bridgehead atoms. The lowest BCUT2D eigenvalue weighted by molar-refractivity contribution is 0.475. The van der Waals surface area contributed by atoms with Gasteiger partial charge >= 0.3 is 0 Å². The van der Waals surface area contributed by atoms with Crippen molar-refractivity contribution in [1.82, 2.24) is 0 Å². The molecule has 152 valence electrons. The van der Waals surface area contributed by atoms with Crippen LogP contribution in [0.4, 0.5) is 17.1 Å². The summed E-state index contributed by atoms with van der Waals surface area (Å²) in [6, 6.07) is 14.9. The molecular formula is C21H20N6OS2. The van der Waals surface area contributed by atoms with Crippen LogP contribution in [0.5, 0.6) is 5.75 Å². The topological polar surface area (TPSA) is 85.3 Å². The number of rotatable bonds is 4. The second-order valence-electron chi connectivity index (χ2n) is 7.13. The largest absolute Gasteiger partial charge is 0.508 e. The first-order valence-corrected chi connectivity index (χ1v) is 11.6. The van der Waals surface area contributed by atoms with Crippen LogP contribution in [0.1, 0.15) is 12.8 Å². The van der Waals surface area contributed by atoms with Gasteiger partial charge in [-0.3, -0.25) is 0 Å². The van der Waals surface area contributed by atoms with Crippen molar-refractivity contribution in [2.75, 3.05) is 18.0 Å². The average Bonchev–Trinajstić information content (AvgIpc) is 3.49. The summed E-state index contributed by atoms with van der Waals surface area (Å²) in [6.45, 7) is 2.28. The van der Waals surface area contributed by atoms with Crippen LogP contribution in [-0.4, -0.2) is 34.0 Å². The molecule has 30 heavy (non-hydrogen) atoms. The van der Waals surface area contributed by atoms with Gasteiger partial charge in [-0.05, 0) is 67.4 Å². The Hall–Kier alpha value is -2.65. The lowest BCUT2D eigenvalue weighted by Gasteiger charge is -2.17. The number of thioether (sulfide) groups is 2. The summed E-state index contributed by atoms with van der Waals surface area (Å²) in [5.41, 5.74) is 2.79. The van der Waals surface area contributed by atoms with Crippen LogP contribution in [0.15, 0.2) is 85.1 Å². The van der Waals surface area contributed by atoms with Gasteiger partial charge in [0.2, 0.25) is 5.17 Å². The molecule has 0 aliphatic carbocycles. The molecule has 0 aromatic heterocycles. The highest BCUT2D eigenvalue weighted by Gasteiger charge is 2.35. The molecule has 2 atom stereocenters. The summed E-state index contributed by atoms with van der Waals surface area (Å²) < 4.78 is 0. The van der Waals surface area contributed by atoms with Gasteiger partial charge in [0.1, 0.15) is 16.2 Å². The van der Waals surface area contributed by atoms with Crippen LogP contribution in [0.3, 0.4) is 0 Å². The third-order valence-electron chi connectivity index (χ3n) is 4.99. The molecule has 1 N–H and O–H groups in total. The number of phenols is 1. The average molecular weight is 437 g/mol. The lowest BCUT2D eigenvalue weighted by Crippen LogP contribution is -2.17. The van der Waals surface area contributed by atoms with E-state index in [0.717, 1.165) is 23.8 Å². The summed E-state index contributed by atoms with van der Waals surface area (Å²) in [5, 5.41) is 28.3. The van der Waals surface area contributed by atoms with E-state index in [1.165, 1.54) is 18.5 Å². The second kappa shape index (κ2) is 8.61. The summed E-state index contributed by atoms with van der Waals surface area (Å²) in [5.74, 6) is 0.216. The maximum absolute atomic E-state index is 9.32. The number of nitrogens with zero attached hydrogens (tertiary/aromatic N) is 6. The number of phenolic OH excluding ortho intramolecular Hbond substituents is 1. The Morgan fingerprint density at radius 3 is 2.20 bits per heavy atom. The summed E-state index contributed by atoms with van der Waals surface area (Å²) in [6.07, 6.45) is 4.61. The number of hydrogen-bond acceptors (Lipinski definition) is 9. The standard InChI is InChI=1S/C21H20N6OS2/c28-17-9-5-15(6-10-17)23-25-19-13-18-20(30-19)22-21(29-18)26-24-14-3-7-16(8-4-14)27-11-1-2-12-27/h3-10,13,18,20,28H,1-2,11-12H2/b25-23+,26-24+. The zero-order valence-electron chi connectivity index (χ0n) is 16.1. The van der Waals surface area contributed by atoms with Crippen LogP contribution >= 0.6 is 23.5 Å². The fourth-order valence-electron chi connectivity index (χ4n) is 3.44. The molecule has 3 aliphatic rings. The minimum Gasteiger partial charge on any atom is -0.508 e. The highest BCUT2D eigenvalue weighted by atomic mass is 32.2. The smallest absolute Gasteiger partial charge is 0.206 e. The quantitative estimate of drug-likeness (QED) is 0.574. The van der Waals surface area contributed by atoms with E-state index in [4.69, 9.17) is 0 Å². The van der Waals surface area contributed by atoms with Crippen LogP contribution < -0.4 is 4.90 Å². The molecule has 0 spiro atoms. The summed E-state index contributed by atoms with van der Waals surface area (Å²) >= 11 is 3.18. The van der Waals surface area contributed by atoms with Gasteiger partial charge in [0.25, 0.3) is 0 Å². The summed E-state index contributed by atoms with van der Waals surface area (Å²) in [4.78, 5) is 7.05. The zero-order chi connectivity index (χ0) is 20.3. The summed E-state index contributed by atoms with van der Waals surface area (Å²) in [7, 11) is 0. The number of azo groups is 2. The monoisotopic (exact) mass is 436 g/mol. The van der Waals surface area contributed by atoms with Gasteiger partial charge in [-0.25, -0.2) is 4.99 Å². The molecule has 0 saturated carbocycles. The molecule has 0 amide bonds. The number of amidine groups is 1. The van der Waals surface area contributed by atoms with Gasteiger partial charge in [-0.2, -0.15) is 5.11 Å². The van der Waals surface area contributed by atoms with E-state index < -0.39 is 0 Å². The molecular weight excluding hydrogens is 416 g/mol. The van der Waals surface area contributed by atoms with Gasteiger partial charge < -0.3 is 10.0 Å². The van der Waals surface area contributed by atoms with Crippen LogP contribution in [0.2, 0.25) is 0 Å². The minimum absolute atomic E-state index is 0.0651. The van der Waals surface area contributed by atoms with E-state index in [0.29, 0.717) is 10.9 Å². The molecule has 2 unspecified atom stereocenters. The fraction of sp³-hybridized carbons (Fsp3) is 0.286. The maximum Gasteiger partial charge on any atom is 0.206 e. The SMILES string of the molecule is Oc1ccc(/N=N/C2=CC3SC(/N=N/c4ccc(N5CCCC5)cc4)=NC3S2)cc1. The molecule has 9 heteroatoms. The van der Waals surface area contributed by atoms with Gasteiger partial charge in [-0.15, -0.1) is 15.3 Å². The predicted molar refractivity (Wildman–Crippen MR) is 123 cm³/mol. The second-order valence-corrected chi connectivity index (χ2v) is 9.42. The van der Waals surface area contributed by atoms with Gasteiger partial charge in [0.15, 0.2) is 0 Å². The number of anilines is 1. The molecule has 7 nitrogen and oxygen atoms in total. The Labute approximate surface area is 183 Å². The molecule has 2 aromatic rings. The van der Waals surface area contributed by atoms with Crippen molar-refractivity contribution in [2.24, 2.45) is 25.4 Å². The van der Waals surface area contributed by atoms with Crippen molar-refractivity contribution < 1.29 is 5.11 Å². The predicted octanol–water partition coefficient (Wildman–Crippen LogP) is 6.25. The third kappa shape index (κ3) is 4.41. The van der Waals surface area contributed by atoms with Gasteiger partial charge in [0, 0.05) is 18.8 Å². The maximum atomic E-state index is 9.32. The zero-order valence-corrected chi connectivity index (χ0v) is 17.8. The van der Waals surface area contributed by atoms with Crippen molar-refractivity contribution >= 4 is 45.8 Å². The molecule has 0 radical (unpaired) electrons. The Balaban J connectivity index is 1.16. The third-order valence-corrected chi connectivity index (χ3v) is 7.33. The number of aromatic hydroxyl groups is 1. The van der Waals surface area contributed by atoms with E-state index in [9.17, 15) is 5.11 Å². The first kappa shape index (κ1) is 19.3. The molecule has 1 saturated heterocycles. The van der Waals surface area contributed by atoms with Crippen molar-refractivity contribution in [3.63, 3.8) is 0 Å². The molecule has 3 heterocycles. The van der Waals surface area contributed by atoms with Gasteiger partial charge in [-0.1, -0.05) is 23.5 Å². The van der Waals surface area contributed by atoms with Crippen molar-refractivity contribution in [3.05, 3.63) is 59.6 Å². The Morgan fingerprint density at radius 2 is 1.50 bits per heavy atom. The first-order chi connectivity index (χ1) is 14.7. The highest BCUT2D eigenvalue weighted by Crippen LogP contribution is 2.45. The number of benzene rings is 2. The minimum atomic E-state index is 0.0651. The Kier molecular flexibility index (Phi) is 5.54. The van der Waals surface area contributed by atoms with E-state index in [-0.39, 0.29) is 16.4 Å². The van der Waals surface area contributed by atoms with Crippen molar-refractivity contribution in [3.8, 4) is 5.75 Å². The van der Waals surface area contributed by atoms with Crippen LogP contribution in [0, 0.1) is 0 Å². The first-order valence-electron chi connectivity index (χ1n) is 9.83. The van der Waals surface area contributed by atoms with Crippen molar-refractivity contribution in [1.29, 1.82) is 0 Å². The number of fused-ring (bicyclic) bond motifs is 1. The number of hydrogen-bond donors (Lipinski definition) is 1. The Morgan fingerprint density at radius 1 is 0.833 bits per heavy atom. The molecule has 2 aromatic carbocycles. The Bertz CT molecular complexity index is 1030. The van der Waals surface area contributed by atoms with E-state index in [1.807, 2.05) is 12.1 Å². The highest BCUT2D eigenvalue weighted by molar-refractivity contribution is 8.16. The van der Waals surface area contributed by atoms with E-state index in [1.54, 1.807) is 47.8 Å². The molecule has 5 rings (SSSR count). The van der Waals surface area contributed by atoms with E-state index in [2.05, 4.69) is 48.6 Å².